The zero-order chi connectivity index (χ0) is 12.1. The molecule has 0 saturated heterocycles. The van der Waals surface area contributed by atoms with Crippen LogP contribution in [0.2, 0.25) is 0 Å². The van der Waals surface area contributed by atoms with E-state index in [9.17, 15) is 4.79 Å². The third-order valence-corrected chi connectivity index (χ3v) is 3.80. The molecule has 0 aliphatic heterocycles. The number of aromatic amines is 1. The number of nitrogens with one attached hydrogen (secondary N) is 2. The molecule has 5 nitrogen and oxygen atoms in total. The van der Waals surface area contributed by atoms with Gasteiger partial charge >= 0.3 is 5.69 Å². The normalized spacial score (nSPS) is 15.4. The van der Waals surface area contributed by atoms with E-state index in [1.165, 1.54) is 12.8 Å². The molecule has 1 heterocycles. The number of hydrogen-bond acceptors (Lipinski definition) is 4. The summed E-state index contributed by atoms with van der Waals surface area (Å²) >= 11 is 1.66. The zero-order valence-corrected chi connectivity index (χ0v) is 11.1. The molecule has 0 amide bonds. The second-order valence-corrected chi connectivity index (χ2v) is 5.46. The quantitative estimate of drug-likeness (QED) is 0.542. The highest BCUT2D eigenvalue weighted by atomic mass is 32.2. The first kappa shape index (κ1) is 12.7. The van der Waals surface area contributed by atoms with Gasteiger partial charge in [-0.1, -0.05) is 18.7 Å². The van der Waals surface area contributed by atoms with Gasteiger partial charge in [0.2, 0.25) is 0 Å². The van der Waals surface area contributed by atoms with Gasteiger partial charge < -0.3 is 5.32 Å². The Labute approximate surface area is 105 Å². The summed E-state index contributed by atoms with van der Waals surface area (Å²) in [4.78, 5) is 11.4. The van der Waals surface area contributed by atoms with Crippen LogP contribution in [0.4, 0.5) is 0 Å². The highest BCUT2D eigenvalue weighted by molar-refractivity contribution is 7.99. The fourth-order valence-corrected chi connectivity index (χ4v) is 2.57. The second kappa shape index (κ2) is 6.26. The predicted octanol–water partition coefficient (Wildman–Crippen LogP) is 1.22. The molecule has 1 saturated carbocycles. The first-order valence-corrected chi connectivity index (χ1v) is 7.31. The van der Waals surface area contributed by atoms with E-state index in [0.717, 1.165) is 42.9 Å². The number of H-pyrrole nitrogens is 1. The van der Waals surface area contributed by atoms with Crippen molar-refractivity contribution in [2.24, 2.45) is 0 Å². The maximum Gasteiger partial charge on any atom is 0.343 e. The molecular weight excluding hydrogens is 236 g/mol. The largest absolute Gasteiger partial charge is 0.343 e. The van der Waals surface area contributed by atoms with Crippen molar-refractivity contribution in [3.8, 4) is 0 Å². The molecule has 1 aliphatic carbocycles. The Morgan fingerprint density at radius 3 is 3.12 bits per heavy atom. The molecule has 2 rings (SSSR count). The number of rotatable bonds is 8. The number of nitrogens with zero attached hydrogens (tertiary/aromatic N) is 2. The lowest BCUT2D eigenvalue weighted by Crippen LogP contribution is -2.18. The first-order valence-electron chi connectivity index (χ1n) is 6.32. The van der Waals surface area contributed by atoms with Crippen LogP contribution in [0, 0.1) is 0 Å². The number of thioether (sulfide) groups is 1. The summed E-state index contributed by atoms with van der Waals surface area (Å²) in [6.07, 6.45) is 4.75. The van der Waals surface area contributed by atoms with Gasteiger partial charge in [0.1, 0.15) is 0 Å². The first-order chi connectivity index (χ1) is 8.31. The Kier molecular flexibility index (Phi) is 4.67. The van der Waals surface area contributed by atoms with Crippen molar-refractivity contribution in [1.29, 1.82) is 0 Å². The van der Waals surface area contributed by atoms with Gasteiger partial charge in [0.05, 0.1) is 0 Å². The molecular formula is C11H20N4OS. The van der Waals surface area contributed by atoms with Crippen LogP contribution in [0.5, 0.6) is 0 Å². The van der Waals surface area contributed by atoms with Crippen molar-refractivity contribution < 1.29 is 0 Å². The minimum atomic E-state index is -0.0922. The van der Waals surface area contributed by atoms with Crippen LogP contribution in [0.15, 0.2) is 9.95 Å². The summed E-state index contributed by atoms with van der Waals surface area (Å²) in [6, 6.07) is 0.781. The fraction of sp³-hybridized carbons (Fsp3) is 0.818. The topological polar surface area (TPSA) is 62.7 Å². The molecule has 1 aromatic heterocycles. The predicted molar refractivity (Wildman–Crippen MR) is 69.5 cm³/mol. The summed E-state index contributed by atoms with van der Waals surface area (Å²) in [5.74, 6) is 1.01. The summed E-state index contributed by atoms with van der Waals surface area (Å²) in [5.41, 5.74) is -0.0922. The van der Waals surface area contributed by atoms with Gasteiger partial charge in [-0.25, -0.2) is 9.89 Å². The third kappa shape index (κ3) is 3.89. The lowest BCUT2D eigenvalue weighted by molar-refractivity contribution is 0.603. The van der Waals surface area contributed by atoms with E-state index < -0.39 is 0 Å². The monoisotopic (exact) mass is 256 g/mol. The summed E-state index contributed by atoms with van der Waals surface area (Å²) in [7, 11) is 0. The lowest BCUT2D eigenvalue weighted by Gasteiger charge is -2.04. The van der Waals surface area contributed by atoms with E-state index in [0.29, 0.717) is 0 Å². The summed E-state index contributed by atoms with van der Waals surface area (Å²) in [6.45, 7) is 3.88. The maximum absolute atomic E-state index is 11.4. The van der Waals surface area contributed by atoms with Gasteiger partial charge in [-0.3, -0.25) is 4.57 Å². The summed E-state index contributed by atoms with van der Waals surface area (Å²) in [5, 5.41) is 10.9. The number of hydrogen-bond donors (Lipinski definition) is 2. The van der Waals surface area contributed by atoms with Gasteiger partial charge in [0.15, 0.2) is 5.16 Å². The average Bonchev–Trinajstić information content (AvgIpc) is 3.08. The van der Waals surface area contributed by atoms with Crippen molar-refractivity contribution in [3.63, 3.8) is 0 Å². The van der Waals surface area contributed by atoms with E-state index in [-0.39, 0.29) is 5.69 Å². The molecule has 0 bridgehead atoms. The van der Waals surface area contributed by atoms with Gasteiger partial charge in [-0.15, -0.1) is 5.10 Å². The van der Waals surface area contributed by atoms with Crippen LogP contribution in [0.1, 0.15) is 32.6 Å². The molecule has 0 aromatic carbocycles. The van der Waals surface area contributed by atoms with Crippen LogP contribution in [0.3, 0.4) is 0 Å². The Morgan fingerprint density at radius 1 is 1.59 bits per heavy atom. The molecule has 1 aromatic rings. The van der Waals surface area contributed by atoms with Crippen molar-refractivity contribution in [3.05, 3.63) is 10.5 Å². The Morgan fingerprint density at radius 2 is 2.41 bits per heavy atom. The van der Waals surface area contributed by atoms with Crippen molar-refractivity contribution >= 4 is 11.8 Å². The lowest BCUT2D eigenvalue weighted by atomic mass is 10.5. The maximum atomic E-state index is 11.4. The smallest absolute Gasteiger partial charge is 0.314 e. The van der Waals surface area contributed by atoms with E-state index in [2.05, 4.69) is 22.4 Å². The second-order valence-electron chi connectivity index (χ2n) is 4.39. The summed E-state index contributed by atoms with van der Waals surface area (Å²) < 4.78 is 1.72. The minimum absolute atomic E-state index is 0.0922. The SMILES string of the molecule is CCCn1c(SCCCNC2CC2)n[nH]c1=O. The van der Waals surface area contributed by atoms with E-state index >= 15 is 0 Å². The standard InChI is InChI=1S/C11H20N4OS/c1-2-7-15-10(16)13-14-11(15)17-8-3-6-12-9-4-5-9/h9,12H,2-8H2,1H3,(H,13,16). The van der Waals surface area contributed by atoms with Crippen LogP contribution >= 0.6 is 11.8 Å². The van der Waals surface area contributed by atoms with Gasteiger partial charge in [-0.05, 0) is 32.2 Å². The Hall–Kier alpha value is -0.750. The van der Waals surface area contributed by atoms with Crippen LogP contribution in [0.25, 0.3) is 0 Å². The molecule has 0 unspecified atom stereocenters. The van der Waals surface area contributed by atoms with Crippen molar-refractivity contribution in [1.82, 2.24) is 20.1 Å². The molecule has 1 aliphatic rings. The Bertz CT molecular complexity index is 396. The zero-order valence-electron chi connectivity index (χ0n) is 10.2. The van der Waals surface area contributed by atoms with Gasteiger partial charge in [0.25, 0.3) is 0 Å². The minimum Gasteiger partial charge on any atom is -0.314 e. The van der Waals surface area contributed by atoms with Gasteiger partial charge in [0, 0.05) is 18.3 Å². The van der Waals surface area contributed by atoms with Crippen molar-refractivity contribution in [2.45, 2.75) is 50.4 Å². The molecule has 0 spiro atoms. The molecule has 17 heavy (non-hydrogen) atoms. The van der Waals surface area contributed by atoms with Crippen LogP contribution in [-0.2, 0) is 6.54 Å². The molecule has 0 radical (unpaired) electrons. The van der Waals surface area contributed by atoms with E-state index in [1.54, 1.807) is 16.3 Å². The molecule has 2 N–H and O–H groups in total. The third-order valence-electron chi connectivity index (χ3n) is 2.73. The Balaban J connectivity index is 1.71. The van der Waals surface area contributed by atoms with Crippen LogP contribution < -0.4 is 11.0 Å². The average molecular weight is 256 g/mol. The molecule has 0 atom stereocenters. The van der Waals surface area contributed by atoms with Crippen LogP contribution in [-0.4, -0.2) is 33.1 Å². The number of aromatic nitrogens is 3. The molecule has 6 heteroatoms. The van der Waals surface area contributed by atoms with Gasteiger partial charge in [-0.2, -0.15) is 0 Å². The highest BCUT2D eigenvalue weighted by Gasteiger charge is 2.19. The highest BCUT2D eigenvalue weighted by Crippen LogP contribution is 2.19. The van der Waals surface area contributed by atoms with Crippen molar-refractivity contribution in [2.75, 3.05) is 12.3 Å². The van der Waals surface area contributed by atoms with E-state index in [1.807, 2.05) is 0 Å². The van der Waals surface area contributed by atoms with E-state index in [4.69, 9.17) is 0 Å². The molecule has 1 fully saturated rings. The molecule has 96 valence electrons. The fourth-order valence-electron chi connectivity index (χ4n) is 1.66.